The van der Waals surface area contributed by atoms with E-state index in [-0.39, 0.29) is 11.9 Å². The minimum Gasteiger partial charge on any atom is -0.363 e. The Labute approximate surface area is 165 Å². The molecular weight excluding hydrogens is 350 g/mol. The van der Waals surface area contributed by atoms with E-state index in [1.807, 2.05) is 81.4 Å². The number of benzene rings is 1. The van der Waals surface area contributed by atoms with Gasteiger partial charge in [-0.1, -0.05) is 18.2 Å². The predicted octanol–water partition coefficient (Wildman–Crippen LogP) is 3.27. The van der Waals surface area contributed by atoms with Gasteiger partial charge in [-0.15, -0.1) is 0 Å². The van der Waals surface area contributed by atoms with Crippen molar-refractivity contribution in [2.75, 3.05) is 19.0 Å². The molecule has 2 heterocycles. The van der Waals surface area contributed by atoms with Gasteiger partial charge in [0.1, 0.15) is 12.1 Å². The SMILES string of the molecule is Cc1cccc(C[C@@H](C)NC(=O)c2cccc(-c3cc(N(C)C)ncn3)c2)n1. The first-order chi connectivity index (χ1) is 13.4. The lowest BCUT2D eigenvalue weighted by Crippen LogP contribution is -2.34. The molecule has 144 valence electrons. The van der Waals surface area contributed by atoms with Gasteiger partial charge < -0.3 is 10.2 Å². The molecule has 0 saturated carbocycles. The number of hydrogen-bond acceptors (Lipinski definition) is 5. The minimum absolute atomic E-state index is 0.0233. The van der Waals surface area contributed by atoms with Crippen molar-refractivity contribution in [3.63, 3.8) is 0 Å². The molecule has 28 heavy (non-hydrogen) atoms. The molecule has 3 aromatic rings. The molecule has 0 bridgehead atoms. The zero-order valence-electron chi connectivity index (χ0n) is 16.7. The summed E-state index contributed by atoms with van der Waals surface area (Å²) in [5.41, 5.74) is 4.22. The maximum absolute atomic E-state index is 12.7. The van der Waals surface area contributed by atoms with E-state index in [9.17, 15) is 4.79 Å². The molecule has 0 unspecified atom stereocenters. The second kappa shape index (κ2) is 8.61. The Hall–Kier alpha value is -3.28. The average Bonchev–Trinajstić information content (AvgIpc) is 2.68. The average molecular weight is 375 g/mol. The van der Waals surface area contributed by atoms with Crippen LogP contribution in [0.3, 0.4) is 0 Å². The number of aryl methyl sites for hydroxylation is 1. The van der Waals surface area contributed by atoms with E-state index in [0.29, 0.717) is 12.0 Å². The molecule has 0 saturated heterocycles. The van der Waals surface area contributed by atoms with Crippen molar-refractivity contribution in [1.82, 2.24) is 20.3 Å². The van der Waals surface area contributed by atoms with Crippen LogP contribution >= 0.6 is 0 Å². The summed E-state index contributed by atoms with van der Waals surface area (Å²) in [6, 6.07) is 15.3. The highest BCUT2D eigenvalue weighted by Gasteiger charge is 2.13. The van der Waals surface area contributed by atoms with E-state index < -0.39 is 0 Å². The third-order valence-electron chi connectivity index (χ3n) is 4.37. The summed E-state index contributed by atoms with van der Waals surface area (Å²) in [6.07, 6.45) is 2.22. The summed E-state index contributed by atoms with van der Waals surface area (Å²) in [5.74, 6) is 0.711. The Morgan fingerprint density at radius 3 is 2.64 bits per heavy atom. The van der Waals surface area contributed by atoms with E-state index in [0.717, 1.165) is 28.5 Å². The van der Waals surface area contributed by atoms with Crippen molar-refractivity contribution in [2.45, 2.75) is 26.3 Å². The van der Waals surface area contributed by atoms with Gasteiger partial charge in [0.15, 0.2) is 0 Å². The van der Waals surface area contributed by atoms with Crippen molar-refractivity contribution < 1.29 is 4.79 Å². The van der Waals surface area contributed by atoms with Crippen molar-refractivity contribution in [3.05, 3.63) is 71.8 Å². The van der Waals surface area contributed by atoms with Gasteiger partial charge in [0, 0.05) is 55.1 Å². The van der Waals surface area contributed by atoms with Gasteiger partial charge in [-0.3, -0.25) is 9.78 Å². The standard InChI is InChI=1S/C22H25N5O/c1-15-7-5-10-19(25-15)11-16(2)26-22(28)18-9-6-8-17(12-18)20-13-21(27(3)4)24-14-23-20/h5-10,12-14,16H,11H2,1-4H3,(H,26,28)/t16-/m1/s1. The van der Waals surface area contributed by atoms with Gasteiger partial charge in [-0.2, -0.15) is 0 Å². The van der Waals surface area contributed by atoms with Gasteiger partial charge >= 0.3 is 0 Å². The molecule has 3 rings (SSSR count). The van der Waals surface area contributed by atoms with Crippen molar-refractivity contribution in [3.8, 4) is 11.3 Å². The van der Waals surface area contributed by atoms with Gasteiger partial charge in [0.25, 0.3) is 5.91 Å². The van der Waals surface area contributed by atoms with E-state index >= 15 is 0 Å². The van der Waals surface area contributed by atoms with Crippen LogP contribution < -0.4 is 10.2 Å². The Bertz CT molecular complexity index is 970. The van der Waals surface area contributed by atoms with Gasteiger partial charge in [-0.25, -0.2) is 9.97 Å². The number of rotatable bonds is 6. The Balaban J connectivity index is 1.72. The smallest absolute Gasteiger partial charge is 0.251 e. The topological polar surface area (TPSA) is 71.0 Å². The predicted molar refractivity (Wildman–Crippen MR) is 111 cm³/mol. The van der Waals surface area contributed by atoms with Crippen LogP contribution in [-0.2, 0) is 6.42 Å². The van der Waals surface area contributed by atoms with Crippen LogP contribution in [0.15, 0.2) is 54.9 Å². The fourth-order valence-corrected chi connectivity index (χ4v) is 2.95. The first-order valence-electron chi connectivity index (χ1n) is 9.25. The largest absolute Gasteiger partial charge is 0.363 e. The van der Waals surface area contributed by atoms with Crippen LogP contribution in [0.25, 0.3) is 11.3 Å². The van der Waals surface area contributed by atoms with Gasteiger partial charge in [0.05, 0.1) is 5.69 Å². The Kier molecular flexibility index (Phi) is 5.99. The van der Waals surface area contributed by atoms with E-state index in [2.05, 4.69) is 20.3 Å². The molecule has 1 atom stereocenters. The maximum atomic E-state index is 12.7. The molecule has 0 aliphatic rings. The quantitative estimate of drug-likeness (QED) is 0.716. The lowest BCUT2D eigenvalue weighted by molar-refractivity contribution is 0.0940. The number of carbonyl (C=O) groups is 1. The van der Waals surface area contributed by atoms with E-state index in [1.165, 1.54) is 6.33 Å². The molecule has 1 N–H and O–H groups in total. The van der Waals surface area contributed by atoms with Gasteiger partial charge in [0.2, 0.25) is 0 Å². The first kappa shape index (κ1) is 19.5. The molecule has 6 nitrogen and oxygen atoms in total. The molecule has 0 aliphatic heterocycles. The van der Waals surface area contributed by atoms with Crippen LogP contribution in [0.1, 0.15) is 28.7 Å². The third kappa shape index (κ3) is 4.91. The fraction of sp³-hybridized carbons (Fsp3) is 0.273. The highest BCUT2D eigenvalue weighted by Crippen LogP contribution is 2.21. The molecular formula is C22H25N5O. The number of anilines is 1. The maximum Gasteiger partial charge on any atom is 0.251 e. The van der Waals surface area contributed by atoms with Crippen molar-refractivity contribution in [1.29, 1.82) is 0 Å². The number of aromatic nitrogens is 3. The van der Waals surface area contributed by atoms with Crippen molar-refractivity contribution in [2.24, 2.45) is 0 Å². The van der Waals surface area contributed by atoms with Crippen LogP contribution in [0, 0.1) is 6.92 Å². The zero-order valence-corrected chi connectivity index (χ0v) is 16.7. The normalized spacial score (nSPS) is 11.7. The van der Waals surface area contributed by atoms with Crippen LogP contribution in [0.5, 0.6) is 0 Å². The number of nitrogens with zero attached hydrogens (tertiary/aromatic N) is 4. The highest BCUT2D eigenvalue weighted by molar-refractivity contribution is 5.95. The number of pyridine rings is 1. The summed E-state index contributed by atoms with van der Waals surface area (Å²) in [6.45, 7) is 3.95. The second-order valence-electron chi connectivity index (χ2n) is 7.09. The van der Waals surface area contributed by atoms with Crippen LogP contribution in [0.4, 0.5) is 5.82 Å². The summed E-state index contributed by atoms with van der Waals surface area (Å²) in [5, 5.41) is 3.05. The summed E-state index contributed by atoms with van der Waals surface area (Å²) < 4.78 is 0. The lowest BCUT2D eigenvalue weighted by atomic mass is 10.1. The number of nitrogens with one attached hydrogen (secondary N) is 1. The number of carbonyl (C=O) groups excluding carboxylic acids is 1. The summed E-state index contributed by atoms with van der Waals surface area (Å²) >= 11 is 0. The molecule has 1 aromatic carbocycles. The zero-order chi connectivity index (χ0) is 20.1. The molecule has 0 aliphatic carbocycles. The monoisotopic (exact) mass is 375 g/mol. The highest BCUT2D eigenvalue weighted by atomic mass is 16.1. The van der Waals surface area contributed by atoms with Gasteiger partial charge in [-0.05, 0) is 38.1 Å². The number of amides is 1. The summed E-state index contributed by atoms with van der Waals surface area (Å²) in [7, 11) is 3.86. The third-order valence-corrected chi connectivity index (χ3v) is 4.37. The fourth-order valence-electron chi connectivity index (χ4n) is 2.95. The Morgan fingerprint density at radius 2 is 1.89 bits per heavy atom. The molecule has 0 radical (unpaired) electrons. The van der Waals surface area contributed by atoms with Crippen LogP contribution in [0.2, 0.25) is 0 Å². The molecule has 2 aromatic heterocycles. The molecule has 0 fully saturated rings. The lowest BCUT2D eigenvalue weighted by Gasteiger charge is -2.15. The van der Waals surface area contributed by atoms with Crippen LogP contribution in [-0.4, -0.2) is 41.0 Å². The molecule has 6 heteroatoms. The first-order valence-corrected chi connectivity index (χ1v) is 9.25. The molecule has 0 spiro atoms. The summed E-state index contributed by atoms with van der Waals surface area (Å²) in [4.78, 5) is 27.7. The van der Waals surface area contributed by atoms with Crippen molar-refractivity contribution >= 4 is 11.7 Å². The second-order valence-corrected chi connectivity index (χ2v) is 7.09. The minimum atomic E-state index is -0.108. The molecule has 1 amide bonds. The van der Waals surface area contributed by atoms with E-state index in [1.54, 1.807) is 0 Å². The van der Waals surface area contributed by atoms with E-state index in [4.69, 9.17) is 0 Å². The number of hydrogen-bond donors (Lipinski definition) is 1. The Morgan fingerprint density at radius 1 is 1.11 bits per heavy atom.